The Labute approximate surface area is 214 Å². The van der Waals surface area contributed by atoms with Gasteiger partial charge in [-0.3, -0.25) is 9.78 Å². The number of nitrogens with two attached hydrogens (primary N) is 1. The van der Waals surface area contributed by atoms with E-state index in [4.69, 9.17) is 22.1 Å². The first-order valence-corrected chi connectivity index (χ1v) is 13.4. The third-order valence-electron chi connectivity index (χ3n) is 5.51. The summed E-state index contributed by atoms with van der Waals surface area (Å²) in [6.45, 7) is 1.32. The van der Waals surface area contributed by atoms with E-state index < -0.39 is 15.9 Å². The van der Waals surface area contributed by atoms with Crippen molar-refractivity contribution in [3.8, 4) is 0 Å². The number of rotatable bonds is 12. The van der Waals surface area contributed by atoms with Gasteiger partial charge in [0.2, 0.25) is 15.9 Å². The number of halogens is 1. The second kappa shape index (κ2) is 11.6. The van der Waals surface area contributed by atoms with Crippen LogP contribution in [0.3, 0.4) is 0 Å². The van der Waals surface area contributed by atoms with Crippen LogP contribution in [0.2, 0.25) is 5.02 Å². The van der Waals surface area contributed by atoms with E-state index in [1.165, 1.54) is 0 Å². The van der Waals surface area contributed by atoms with Crippen LogP contribution >= 0.6 is 11.6 Å². The molecule has 0 bridgehead atoms. The van der Waals surface area contributed by atoms with Gasteiger partial charge in [0.15, 0.2) is 0 Å². The lowest BCUT2D eigenvalue weighted by Crippen LogP contribution is -2.26. The summed E-state index contributed by atoms with van der Waals surface area (Å²) in [5, 5.41) is 6.48. The number of hydrogen-bond acceptors (Lipinski definition) is 7. The van der Waals surface area contributed by atoms with Gasteiger partial charge in [-0.1, -0.05) is 29.8 Å². The second-order valence-electron chi connectivity index (χ2n) is 8.14. The Bertz CT molecular complexity index is 1500. The Kier molecular flexibility index (Phi) is 8.32. The minimum Gasteiger partial charge on any atom is -0.380 e. The molecular formula is C25H26ClN5O4S. The first-order chi connectivity index (χ1) is 17.3. The van der Waals surface area contributed by atoms with E-state index in [0.717, 1.165) is 21.7 Å². The predicted molar refractivity (Wildman–Crippen MR) is 142 cm³/mol. The van der Waals surface area contributed by atoms with Gasteiger partial charge in [-0.05, 0) is 42.3 Å². The molecule has 9 nitrogen and oxygen atoms in total. The van der Waals surface area contributed by atoms with Gasteiger partial charge in [-0.15, -0.1) is 0 Å². The minimum absolute atomic E-state index is 0.0347. The van der Waals surface area contributed by atoms with Crippen molar-refractivity contribution in [2.24, 2.45) is 5.73 Å². The number of anilines is 1. The number of hydrogen-bond donors (Lipinski definition) is 3. The molecule has 188 valence electrons. The number of primary amides is 1. The lowest BCUT2D eigenvalue weighted by molar-refractivity contribution is 0.100. The zero-order valence-corrected chi connectivity index (χ0v) is 21.0. The number of amides is 1. The molecule has 4 rings (SSSR count). The zero-order chi connectivity index (χ0) is 25.5. The number of aromatic nitrogens is 2. The lowest BCUT2D eigenvalue weighted by Gasteiger charge is -2.12. The molecule has 2 aromatic heterocycles. The average Bonchev–Trinajstić information content (AvgIpc) is 2.86. The smallest absolute Gasteiger partial charge is 0.248 e. The van der Waals surface area contributed by atoms with Crippen LogP contribution in [0.1, 0.15) is 22.3 Å². The number of sulfonamides is 1. The Morgan fingerprint density at radius 3 is 2.72 bits per heavy atom. The van der Waals surface area contributed by atoms with Gasteiger partial charge < -0.3 is 15.8 Å². The fourth-order valence-electron chi connectivity index (χ4n) is 3.74. The molecule has 0 aliphatic rings. The molecule has 11 heteroatoms. The molecule has 0 fully saturated rings. The maximum Gasteiger partial charge on any atom is 0.248 e. The number of carbonyl (C=O) groups excluding carboxylic acids is 1. The number of benzene rings is 2. The van der Waals surface area contributed by atoms with Gasteiger partial charge in [0.25, 0.3) is 0 Å². The fourth-order valence-corrected chi connectivity index (χ4v) is 4.98. The molecular weight excluding hydrogens is 502 g/mol. The van der Waals surface area contributed by atoms with Gasteiger partial charge in [0.1, 0.15) is 5.82 Å². The normalized spacial score (nSPS) is 11.7. The quantitative estimate of drug-likeness (QED) is 0.189. The van der Waals surface area contributed by atoms with Crippen molar-refractivity contribution in [1.29, 1.82) is 0 Å². The molecule has 0 aliphatic heterocycles. The molecule has 0 unspecified atom stereocenters. The third-order valence-corrected chi connectivity index (χ3v) is 7.15. The van der Waals surface area contributed by atoms with Crippen LogP contribution in [0.15, 0.2) is 60.9 Å². The second-order valence-corrected chi connectivity index (χ2v) is 10.5. The van der Waals surface area contributed by atoms with Crippen LogP contribution < -0.4 is 15.8 Å². The highest BCUT2D eigenvalue weighted by Crippen LogP contribution is 2.29. The van der Waals surface area contributed by atoms with Gasteiger partial charge in [0.05, 0.1) is 17.9 Å². The monoisotopic (exact) mass is 527 g/mol. The summed E-state index contributed by atoms with van der Waals surface area (Å²) in [7, 11) is -3.42. The first-order valence-electron chi connectivity index (χ1n) is 11.3. The van der Waals surface area contributed by atoms with Crippen LogP contribution in [0.4, 0.5) is 5.82 Å². The Balaban J connectivity index is 1.27. The van der Waals surface area contributed by atoms with E-state index in [9.17, 15) is 13.2 Å². The van der Waals surface area contributed by atoms with E-state index in [1.807, 2.05) is 18.2 Å². The molecule has 2 aromatic carbocycles. The Hall–Kier alpha value is -3.31. The first kappa shape index (κ1) is 25.8. The summed E-state index contributed by atoms with van der Waals surface area (Å²) in [6.07, 6.45) is 3.81. The minimum atomic E-state index is -3.42. The van der Waals surface area contributed by atoms with Gasteiger partial charge in [-0.2, -0.15) is 0 Å². The molecule has 4 N–H and O–H groups in total. The maximum absolute atomic E-state index is 12.2. The number of carbonyl (C=O) groups is 1. The number of nitrogens with one attached hydrogen (secondary N) is 2. The maximum atomic E-state index is 12.2. The van der Waals surface area contributed by atoms with Crippen LogP contribution in [0.25, 0.3) is 21.7 Å². The molecule has 0 atom stereocenters. The summed E-state index contributed by atoms with van der Waals surface area (Å²) in [5.41, 5.74) is 7.22. The Morgan fingerprint density at radius 2 is 1.92 bits per heavy atom. The van der Waals surface area contributed by atoms with Gasteiger partial charge in [-0.25, -0.2) is 18.1 Å². The molecule has 1 amide bonds. The van der Waals surface area contributed by atoms with E-state index in [2.05, 4.69) is 20.0 Å². The Morgan fingerprint density at radius 1 is 1.06 bits per heavy atom. The van der Waals surface area contributed by atoms with Crippen molar-refractivity contribution < 1.29 is 17.9 Å². The highest BCUT2D eigenvalue weighted by atomic mass is 35.5. The van der Waals surface area contributed by atoms with E-state index >= 15 is 0 Å². The van der Waals surface area contributed by atoms with Crippen molar-refractivity contribution in [2.75, 3.05) is 30.8 Å². The molecule has 0 radical (unpaired) electrons. The summed E-state index contributed by atoms with van der Waals surface area (Å²) in [6, 6.07) is 14.1. The van der Waals surface area contributed by atoms with Crippen molar-refractivity contribution >= 4 is 55.0 Å². The molecule has 4 aromatic rings. The van der Waals surface area contributed by atoms with Gasteiger partial charge >= 0.3 is 0 Å². The molecule has 36 heavy (non-hydrogen) atoms. The van der Waals surface area contributed by atoms with Crippen LogP contribution in [-0.4, -0.2) is 49.8 Å². The summed E-state index contributed by atoms with van der Waals surface area (Å²) < 4.78 is 32.6. The number of pyridine rings is 2. The number of fused-ring (bicyclic) bond motifs is 3. The largest absolute Gasteiger partial charge is 0.380 e. The van der Waals surface area contributed by atoms with Gasteiger partial charge in [0, 0.05) is 58.8 Å². The topological polar surface area (TPSA) is 136 Å². The van der Waals surface area contributed by atoms with E-state index in [-0.39, 0.29) is 12.3 Å². The summed E-state index contributed by atoms with van der Waals surface area (Å²) >= 11 is 5.93. The molecule has 0 spiro atoms. The van der Waals surface area contributed by atoms with Crippen molar-refractivity contribution in [1.82, 2.24) is 14.7 Å². The zero-order valence-electron chi connectivity index (χ0n) is 19.4. The highest BCUT2D eigenvalue weighted by molar-refractivity contribution is 7.89. The molecule has 2 heterocycles. The average molecular weight is 528 g/mol. The van der Waals surface area contributed by atoms with Crippen LogP contribution in [0.5, 0.6) is 0 Å². The summed E-state index contributed by atoms with van der Waals surface area (Å²) in [5.74, 6) is 0.0834. The van der Waals surface area contributed by atoms with Crippen LogP contribution in [-0.2, 0) is 21.3 Å². The van der Waals surface area contributed by atoms with Crippen molar-refractivity contribution in [3.05, 3.63) is 77.1 Å². The number of nitrogens with zero attached hydrogens (tertiary/aromatic N) is 2. The predicted octanol–water partition coefficient (Wildman–Crippen LogP) is 3.47. The summed E-state index contributed by atoms with van der Waals surface area (Å²) in [4.78, 5) is 20.4. The number of ether oxygens (including phenoxy) is 1. The van der Waals surface area contributed by atoms with Crippen molar-refractivity contribution in [3.63, 3.8) is 0 Å². The van der Waals surface area contributed by atoms with Crippen LogP contribution in [0, 0.1) is 0 Å². The fraction of sp³-hybridized carbons (Fsp3) is 0.240. The molecule has 0 saturated heterocycles. The highest BCUT2D eigenvalue weighted by Gasteiger charge is 2.12. The molecule has 0 aliphatic carbocycles. The van der Waals surface area contributed by atoms with E-state index in [0.29, 0.717) is 48.1 Å². The van der Waals surface area contributed by atoms with E-state index in [1.54, 1.807) is 42.7 Å². The third kappa shape index (κ3) is 6.67. The lowest BCUT2D eigenvalue weighted by atomic mass is 10.1. The standard InChI is InChI=1S/C25H26ClN5O4S/c26-19-4-1-3-17(13-19)15-30-36(33,34)12-2-10-35-11-9-29-25-21-7-8-28-16-22(21)20-6-5-18(24(27)32)14-23(20)31-25/h1,3-8,13-14,16,30H,2,9-12,15H2,(H2,27,32)(H,29,31). The van der Waals surface area contributed by atoms with Crippen molar-refractivity contribution in [2.45, 2.75) is 13.0 Å². The SMILES string of the molecule is NC(=O)c1ccc2c(c1)nc(NCCOCCCS(=O)(=O)NCc1cccc(Cl)c1)c1ccncc12. The molecule has 0 saturated carbocycles.